The van der Waals surface area contributed by atoms with Gasteiger partial charge in [0.05, 0.1) is 18.8 Å². The molecule has 1 heterocycles. The highest BCUT2D eigenvalue weighted by atomic mass is 16.6. The van der Waals surface area contributed by atoms with Gasteiger partial charge in [-0.25, -0.2) is 0 Å². The Morgan fingerprint density at radius 2 is 1.86 bits per heavy atom. The summed E-state index contributed by atoms with van der Waals surface area (Å²) in [4.78, 5) is 0. The summed E-state index contributed by atoms with van der Waals surface area (Å²) in [6.07, 6.45) is 6.51. The summed E-state index contributed by atoms with van der Waals surface area (Å²) in [6.45, 7) is 5.88. The molecule has 21 heavy (non-hydrogen) atoms. The van der Waals surface area contributed by atoms with Crippen LogP contribution in [-0.2, 0) is 18.9 Å². The molecule has 1 saturated carbocycles. The Morgan fingerprint density at radius 1 is 1.05 bits per heavy atom. The molecule has 5 unspecified atom stereocenters. The third-order valence-corrected chi connectivity index (χ3v) is 4.90. The minimum atomic E-state index is -0.0287. The van der Waals surface area contributed by atoms with Gasteiger partial charge in [-0.2, -0.15) is 0 Å². The van der Waals surface area contributed by atoms with E-state index in [0.29, 0.717) is 12.5 Å². The average molecular weight is 300 g/mol. The zero-order valence-corrected chi connectivity index (χ0v) is 14.0. The number of methoxy groups -OCH3 is 2. The molecule has 124 valence electrons. The van der Waals surface area contributed by atoms with Gasteiger partial charge in [-0.3, -0.25) is 0 Å². The van der Waals surface area contributed by atoms with Crippen LogP contribution in [0.4, 0.5) is 0 Å². The van der Waals surface area contributed by atoms with E-state index in [2.05, 4.69) is 13.8 Å². The summed E-state index contributed by atoms with van der Waals surface area (Å²) < 4.78 is 23.1. The molecular weight excluding hydrogens is 268 g/mol. The molecule has 0 bridgehead atoms. The van der Waals surface area contributed by atoms with Crippen LogP contribution in [0, 0.1) is 11.8 Å². The molecule has 2 aliphatic rings. The maximum Gasteiger partial charge on any atom is 0.112 e. The van der Waals surface area contributed by atoms with Crippen molar-refractivity contribution in [3.63, 3.8) is 0 Å². The highest BCUT2D eigenvalue weighted by Gasteiger charge is 2.38. The molecule has 0 N–H and O–H groups in total. The van der Waals surface area contributed by atoms with Crippen LogP contribution in [0.2, 0.25) is 0 Å². The van der Waals surface area contributed by atoms with Crippen molar-refractivity contribution >= 4 is 0 Å². The predicted octanol–water partition coefficient (Wildman–Crippen LogP) is 3.04. The van der Waals surface area contributed by atoms with Crippen LogP contribution >= 0.6 is 0 Å². The first-order valence-corrected chi connectivity index (χ1v) is 8.42. The zero-order valence-electron chi connectivity index (χ0n) is 14.0. The molecule has 4 nitrogen and oxygen atoms in total. The van der Waals surface area contributed by atoms with Crippen molar-refractivity contribution in [2.45, 2.75) is 70.4 Å². The lowest BCUT2D eigenvalue weighted by Gasteiger charge is -2.40. The molecule has 1 aliphatic heterocycles. The van der Waals surface area contributed by atoms with Gasteiger partial charge in [0.15, 0.2) is 0 Å². The lowest BCUT2D eigenvalue weighted by molar-refractivity contribution is -0.203. The average Bonchev–Trinajstić information content (AvgIpc) is 2.45. The largest absolute Gasteiger partial charge is 0.382 e. The molecule has 0 aromatic carbocycles. The van der Waals surface area contributed by atoms with Crippen LogP contribution in [0.15, 0.2) is 0 Å². The fourth-order valence-corrected chi connectivity index (χ4v) is 3.87. The smallest absolute Gasteiger partial charge is 0.112 e. The van der Waals surface area contributed by atoms with E-state index in [1.54, 1.807) is 14.2 Å². The van der Waals surface area contributed by atoms with Crippen LogP contribution in [-0.4, -0.2) is 51.8 Å². The second kappa shape index (κ2) is 8.47. The fourth-order valence-electron chi connectivity index (χ4n) is 3.87. The van der Waals surface area contributed by atoms with Gasteiger partial charge in [-0.15, -0.1) is 0 Å². The van der Waals surface area contributed by atoms with Crippen LogP contribution in [0.1, 0.15) is 46.0 Å². The lowest BCUT2D eigenvalue weighted by Crippen LogP contribution is -2.51. The van der Waals surface area contributed by atoms with E-state index in [1.807, 2.05) is 0 Å². The van der Waals surface area contributed by atoms with E-state index in [-0.39, 0.29) is 24.4 Å². The summed E-state index contributed by atoms with van der Waals surface area (Å²) in [5, 5.41) is 0. The van der Waals surface area contributed by atoms with E-state index in [9.17, 15) is 0 Å². The van der Waals surface area contributed by atoms with Gasteiger partial charge in [-0.1, -0.05) is 19.8 Å². The SMILES string of the molecule is COCC1OC(C)CC(OCC2CCCC(C)C2)[C@@H]1OC. The minimum absolute atomic E-state index is 0.0258. The van der Waals surface area contributed by atoms with Crippen molar-refractivity contribution in [2.24, 2.45) is 11.8 Å². The normalized spacial score (nSPS) is 41.1. The summed E-state index contributed by atoms with van der Waals surface area (Å²) in [6, 6.07) is 0. The third-order valence-electron chi connectivity index (χ3n) is 4.90. The summed E-state index contributed by atoms with van der Waals surface area (Å²) in [5.74, 6) is 1.56. The monoisotopic (exact) mass is 300 g/mol. The zero-order chi connectivity index (χ0) is 15.2. The van der Waals surface area contributed by atoms with Crippen molar-refractivity contribution in [1.82, 2.24) is 0 Å². The number of hydrogen-bond donors (Lipinski definition) is 0. The Morgan fingerprint density at radius 3 is 2.52 bits per heavy atom. The first-order chi connectivity index (χ1) is 10.1. The van der Waals surface area contributed by atoms with Gasteiger partial charge in [0.25, 0.3) is 0 Å². The number of rotatable bonds is 6. The minimum Gasteiger partial charge on any atom is -0.382 e. The van der Waals surface area contributed by atoms with E-state index in [0.717, 1.165) is 18.9 Å². The topological polar surface area (TPSA) is 36.9 Å². The Balaban J connectivity index is 1.86. The summed E-state index contributed by atoms with van der Waals surface area (Å²) in [7, 11) is 3.44. The van der Waals surface area contributed by atoms with Crippen molar-refractivity contribution in [1.29, 1.82) is 0 Å². The molecule has 0 radical (unpaired) electrons. The second-order valence-corrected chi connectivity index (χ2v) is 6.89. The predicted molar refractivity (Wildman–Crippen MR) is 82.5 cm³/mol. The molecule has 1 saturated heterocycles. The van der Waals surface area contributed by atoms with Gasteiger partial charge in [-0.05, 0) is 31.6 Å². The quantitative estimate of drug-likeness (QED) is 0.755. The summed E-state index contributed by atoms with van der Waals surface area (Å²) in [5.41, 5.74) is 0. The van der Waals surface area contributed by atoms with Crippen LogP contribution in [0.3, 0.4) is 0 Å². The maximum atomic E-state index is 6.26. The number of ether oxygens (including phenoxy) is 4. The molecule has 2 fully saturated rings. The fraction of sp³-hybridized carbons (Fsp3) is 1.00. The number of hydrogen-bond acceptors (Lipinski definition) is 4. The van der Waals surface area contributed by atoms with Gasteiger partial charge < -0.3 is 18.9 Å². The molecule has 0 spiro atoms. The van der Waals surface area contributed by atoms with Crippen LogP contribution < -0.4 is 0 Å². The molecule has 6 atom stereocenters. The van der Waals surface area contributed by atoms with Gasteiger partial charge in [0.2, 0.25) is 0 Å². The van der Waals surface area contributed by atoms with Gasteiger partial charge in [0.1, 0.15) is 12.2 Å². The van der Waals surface area contributed by atoms with Crippen LogP contribution in [0.5, 0.6) is 0 Å². The Kier molecular flexibility index (Phi) is 6.93. The molecule has 4 heteroatoms. The Bertz CT molecular complexity index is 297. The standard InChI is InChI=1S/C17H32O4/c1-12-6-5-7-14(8-12)10-20-15-9-13(2)21-16(11-18-3)17(15)19-4/h12-17H,5-11H2,1-4H3/t12?,13?,14?,15?,16?,17-/m0/s1. The molecule has 0 amide bonds. The Hall–Kier alpha value is -0.160. The van der Waals surface area contributed by atoms with Gasteiger partial charge in [0, 0.05) is 27.2 Å². The Labute approximate surface area is 129 Å². The first-order valence-electron chi connectivity index (χ1n) is 8.42. The second-order valence-electron chi connectivity index (χ2n) is 6.89. The molecular formula is C17H32O4. The molecule has 1 aliphatic carbocycles. The van der Waals surface area contributed by atoms with E-state index in [4.69, 9.17) is 18.9 Å². The third kappa shape index (κ3) is 4.92. The van der Waals surface area contributed by atoms with Crippen molar-refractivity contribution in [3.8, 4) is 0 Å². The molecule has 0 aromatic rings. The van der Waals surface area contributed by atoms with Crippen molar-refractivity contribution < 1.29 is 18.9 Å². The lowest BCUT2D eigenvalue weighted by atomic mass is 9.83. The van der Waals surface area contributed by atoms with E-state index < -0.39 is 0 Å². The maximum absolute atomic E-state index is 6.26. The highest BCUT2D eigenvalue weighted by Crippen LogP contribution is 2.31. The molecule has 2 rings (SSSR count). The molecule has 0 aromatic heterocycles. The van der Waals surface area contributed by atoms with Gasteiger partial charge >= 0.3 is 0 Å². The van der Waals surface area contributed by atoms with Crippen molar-refractivity contribution in [3.05, 3.63) is 0 Å². The first kappa shape index (κ1) is 17.2. The highest BCUT2D eigenvalue weighted by molar-refractivity contribution is 4.87. The van der Waals surface area contributed by atoms with E-state index in [1.165, 1.54) is 25.7 Å². The van der Waals surface area contributed by atoms with E-state index >= 15 is 0 Å². The summed E-state index contributed by atoms with van der Waals surface area (Å²) >= 11 is 0. The van der Waals surface area contributed by atoms with Crippen LogP contribution in [0.25, 0.3) is 0 Å². The van der Waals surface area contributed by atoms with Crippen molar-refractivity contribution in [2.75, 3.05) is 27.4 Å².